The van der Waals surface area contributed by atoms with E-state index in [2.05, 4.69) is 15.5 Å². The first-order valence-corrected chi connectivity index (χ1v) is 11.0. The lowest BCUT2D eigenvalue weighted by Gasteiger charge is -2.10. The normalized spacial score (nSPS) is 11.0. The fraction of sp³-hybridized carbons (Fsp3) is 0.150. The van der Waals surface area contributed by atoms with Crippen molar-refractivity contribution < 1.29 is 13.9 Å². The number of benzene rings is 2. The SMILES string of the molecule is CCOc1ccccc1NC(=O)CSc1nnc(-c2sc3ccccc3c2Cl)o1. The predicted octanol–water partition coefficient (Wildman–Crippen LogP) is 5.73. The highest BCUT2D eigenvalue weighted by Crippen LogP contribution is 2.41. The number of carbonyl (C=O) groups is 1. The number of nitrogens with one attached hydrogen (secondary N) is 1. The maximum absolute atomic E-state index is 12.3. The Morgan fingerprint density at radius 2 is 2.00 bits per heavy atom. The molecule has 2 aromatic carbocycles. The molecule has 29 heavy (non-hydrogen) atoms. The van der Waals surface area contributed by atoms with Gasteiger partial charge in [-0.3, -0.25) is 4.79 Å². The Labute approximate surface area is 180 Å². The number of thiophene rings is 1. The van der Waals surface area contributed by atoms with Crippen LogP contribution >= 0.6 is 34.7 Å². The Kier molecular flexibility index (Phi) is 6.03. The van der Waals surface area contributed by atoms with Crippen LogP contribution in [0.5, 0.6) is 5.75 Å². The van der Waals surface area contributed by atoms with Crippen LogP contribution in [0, 0.1) is 0 Å². The van der Waals surface area contributed by atoms with E-state index in [1.807, 2.05) is 49.4 Å². The Hall–Kier alpha value is -2.55. The largest absolute Gasteiger partial charge is 0.492 e. The van der Waals surface area contributed by atoms with Gasteiger partial charge in [-0.05, 0) is 25.1 Å². The van der Waals surface area contributed by atoms with Crippen LogP contribution in [0.2, 0.25) is 5.02 Å². The molecule has 0 atom stereocenters. The van der Waals surface area contributed by atoms with Crippen molar-refractivity contribution >= 4 is 56.4 Å². The van der Waals surface area contributed by atoms with Gasteiger partial charge in [0.1, 0.15) is 10.6 Å². The van der Waals surface area contributed by atoms with Gasteiger partial charge in [0, 0.05) is 10.1 Å². The van der Waals surface area contributed by atoms with Crippen molar-refractivity contribution in [3.8, 4) is 16.5 Å². The van der Waals surface area contributed by atoms with Crippen LogP contribution < -0.4 is 10.1 Å². The molecule has 0 aliphatic rings. The van der Waals surface area contributed by atoms with Gasteiger partial charge in [-0.25, -0.2) is 0 Å². The number of aromatic nitrogens is 2. The van der Waals surface area contributed by atoms with Crippen molar-refractivity contribution in [3.05, 3.63) is 53.6 Å². The minimum absolute atomic E-state index is 0.127. The van der Waals surface area contributed by atoms with Crippen LogP contribution in [-0.2, 0) is 4.79 Å². The number of para-hydroxylation sites is 2. The van der Waals surface area contributed by atoms with Crippen molar-refractivity contribution in [1.82, 2.24) is 10.2 Å². The van der Waals surface area contributed by atoms with E-state index in [1.54, 1.807) is 6.07 Å². The molecule has 2 heterocycles. The number of rotatable bonds is 7. The fourth-order valence-corrected chi connectivity index (χ4v) is 4.67. The lowest BCUT2D eigenvalue weighted by molar-refractivity contribution is -0.113. The third-order valence-corrected chi connectivity index (χ3v) is 6.41. The number of fused-ring (bicyclic) bond motifs is 1. The molecular weight excluding hydrogens is 430 g/mol. The van der Waals surface area contributed by atoms with E-state index in [-0.39, 0.29) is 11.7 Å². The van der Waals surface area contributed by atoms with Gasteiger partial charge in [0.15, 0.2) is 0 Å². The summed E-state index contributed by atoms with van der Waals surface area (Å²) in [5, 5.41) is 12.8. The number of carbonyl (C=O) groups excluding carboxylic acids is 1. The zero-order valence-corrected chi connectivity index (χ0v) is 17.7. The molecule has 0 fully saturated rings. The number of thioether (sulfide) groups is 1. The summed E-state index contributed by atoms with van der Waals surface area (Å²) in [7, 11) is 0. The van der Waals surface area contributed by atoms with E-state index in [4.69, 9.17) is 20.8 Å². The molecule has 4 rings (SSSR count). The first kappa shape index (κ1) is 19.8. The van der Waals surface area contributed by atoms with Crippen LogP contribution in [0.1, 0.15) is 6.92 Å². The summed E-state index contributed by atoms with van der Waals surface area (Å²) >= 11 is 9.11. The number of hydrogen-bond acceptors (Lipinski definition) is 7. The second-order valence-corrected chi connectivity index (χ2v) is 8.24. The summed E-state index contributed by atoms with van der Waals surface area (Å²) in [4.78, 5) is 13.0. The highest BCUT2D eigenvalue weighted by atomic mass is 35.5. The Balaban J connectivity index is 1.42. The molecule has 0 saturated heterocycles. The maximum atomic E-state index is 12.3. The van der Waals surface area contributed by atoms with E-state index in [1.165, 1.54) is 11.3 Å². The van der Waals surface area contributed by atoms with E-state index in [9.17, 15) is 4.79 Å². The lowest BCUT2D eigenvalue weighted by atomic mass is 10.2. The van der Waals surface area contributed by atoms with Gasteiger partial charge in [-0.2, -0.15) is 0 Å². The molecule has 148 valence electrons. The highest BCUT2D eigenvalue weighted by molar-refractivity contribution is 7.99. The Bertz CT molecular complexity index is 1160. The van der Waals surface area contributed by atoms with Crippen LogP contribution in [-0.4, -0.2) is 28.5 Å². The van der Waals surface area contributed by atoms with Gasteiger partial charge in [0.25, 0.3) is 11.1 Å². The molecule has 9 heteroatoms. The van der Waals surface area contributed by atoms with Crippen LogP contribution in [0.4, 0.5) is 5.69 Å². The molecule has 0 spiro atoms. The average molecular weight is 446 g/mol. The zero-order valence-electron chi connectivity index (χ0n) is 15.3. The van der Waals surface area contributed by atoms with E-state index in [0.29, 0.717) is 34.2 Å². The summed E-state index contributed by atoms with van der Waals surface area (Å²) in [5.74, 6) is 0.915. The zero-order chi connectivity index (χ0) is 20.2. The van der Waals surface area contributed by atoms with Crippen molar-refractivity contribution in [3.63, 3.8) is 0 Å². The van der Waals surface area contributed by atoms with Gasteiger partial charge in [0.2, 0.25) is 5.91 Å². The number of halogens is 1. The molecule has 0 bridgehead atoms. The van der Waals surface area contributed by atoms with E-state index in [0.717, 1.165) is 26.7 Å². The standard InChI is InChI=1S/C20H16ClN3O3S2/c1-2-26-14-9-5-4-8-13(14)22-16(25)11-28-20-24-23-19(27-20)18-17(21)12-7-3-6-10-15(12)29-18/h3-10H,2,11H2,1H3,(H,22,25). The fourth-order valence-electron chi connectivity index (χ4n) is 2.68. The molecule has 4 aromatic rings. The quantitative estimate of drug-likeness (QED) is 0.366. The Morgan fingerprint density at radius 3 is 2.83 bits per heavy atom. The molecular formula is C20H16ClN3O3S2. The minimum Gasteiger partial charge on any atom is -0.492 e. The van der Waals surface area contributed by atoms with Crippen LogP contribution in [0.3, 0.4) is 0 Å². The summed E-state index contributed by atoms with van der Waals surface area (Å²) < 4.78 is 12.3. The summed E-state index contributed by atoms with van der Waals surface area (Å²) in [6.07, 6.45) is 0. The number of hydrogen-bond donors (Lipinski definition) is 1. The monoisotopic (exact) mass is 445 g/mol. The summed E-state index contributed by atoms with van der Waals surface area (Å²) in [6.45, 7) is 2.41. The number of amides is 1. The predicted molar refractivity (Wildman–Crippen MR) is 117 cm³/mol. The van der Waals surface area contributed by atoms with Gasteiger partial charge < -0.3 is 14.5 Å². The number of anilines is 1. The summed E-state index contributed by atoms with van der Waals surface area (Å²) in [5.41, 5.74) is 0.628. The molecule has 0 saturated carbocycles. The molecule has 1 amide bonds. The van der Waals surface area contributed by atoms with Gasteiger partial charge in [0.05, 0.1) is 23.1 Å². The van der Waals surface area contributed by atoms with Crippen molar-refractivity contribution in [1.29, 1.82) is 0 Å². The third kappa shape index (κ3) is 4.39. The van der Waals surface area contributed by atoms with Crippen molar-refractivity contribution in [2.45, 2.75) is 12.1 Å². The topological polar surface area (TPSA) is 77.2 Å². The number of nitrogens with zero attached hydrogens (tertiary/aromatic N) is 2. The molecule has 0 unspecified atom stereocenters. The van der Waals surface area contributed by atoms with E-state index < -0.39 is 0 Å². The maximum Gasteiger partial charge on any atom is 0.277 e. The first-order valence-electron chi connectivity index (χ1n) is 8.81. The summed E-state index contributed by atoms with van der Waals surface area (Å²) in [6, 6.07) is 15.1. The van der Waals surface area contributed by atoms with Gasteiger partial charge >= 0.3 is 0 Å². The van der Waals surface area contributed by atoms with Crippen molar-refractivity contribution in [2.24, 2.45) is 0 Å². The minimum atomic E-state index is -0.193. The number of ether oxygens (including phenoxy) is 1. The smallest absolute Gasteiger partial charge is 0.277 e. The molecule has 0 aliphatic heterocycles. The molecule has 6 nitrogen and oxygen atoms in total. The lowest BCUT2D eigenvalue weighted by Crippen LogP contribution is -2.14. The van der Waals surface area contributed by atoms with Gasteiger partial charge in [-0.1, -0.05) is 53.7 Å². The molecule has 1 N–H and O–H groups in total. The second kappa shape index (κ2) is 8.86. The van der Waals surface area contributed by atoms with Crippen molar-refractivity contribution in [2.75, 3.05) is 17.7 Å². The average Bonchev–Trinajstić information content (AvgIpc) is 3.33. The highest BCUT2D eigenvalue weighted by Gasteiger charge is 2.18. The van der Waals surface area contributed by atoms with Crippen LogP contribution in [0.15, 0.2) is 58.2 Å². The van der Waals surface area contributed by atoms with Crippen LogP contribution in [0.25, 0.3) is 20.9 Å². The second-order valence-electron chi connectivity index (χ2n) is 5.88. The van der Waals surface area contributed by atoms with Gasteiger partial charge in [-0.15, -0.1) is 21.5 Å². The van der Waals surface area contributed by atoms with E-state index >= 15 is 0 Å². The molecule has 0 radical (unpaired) electrons. The molecule has 2 aromatic heterocycles. The first-order chi connectivity index (χ1) is 14.2. The third-order valence-electron chi connectivity index (χ3n) is 3.92. The molecule has 0 aliphatic carbocycles. The Morgan fingerprint density at radius 1 is 1.21 bits per heavy atom.